The molecule has 1 aliphatic heterocycles. The van der Waals surface area contributed by atoms with E-state index in [9.17, 15) is 0 Å². The highest BCUT2D eigenvalue weighted by atomic mass is 16.5. The van der Waals surface area contributed by atoms with Gasteiger partial charge in [-0.1, -0.05) is 0 Å². The lowest BCUT2D eigenvalue weighted by atomic mass is 10.0. The summed E-state index contributed by atoms with van der Waals surface area (Å²) in [6.07, 6.45) is 5.67. The van der Waals surface area contributed by atoms with Crippen molar-refractivity contribution in [2.45, 2.75) is 12.8 Å². The van der Waals surface area contributed by atoms with Gasteiger partial charge in [0.25, 0.3) is 0 Å². The molecule has 82 valence electrons. The predicted molar refractivity (Wildman–Crippen MR) is 57.5 cm³/mol. The van der Waals surface area contributed by atoms with Gasteiger partial charge in [-0.05, 0) is 19.4 Å². The summed E-state index contributed by atoms with van der Waals surface area (Å²) in [6, 6.07) is 0. The van der Waals surface area contributed by atoms with Crippen molar-refractivity contribution < 1.29 is 4.74 Å². The zero-order valence-corrected chi connectivity index (χ0v) is 8.65. The number of nitrogens with one attached hydrogen (secondary N) is 1. The Morgan fingerprint density at radius 2 is 2.27 bits per heavy atom. The molecule has 0 bridgehead atoms. The van der Waals surface area contributed by atoms with Crippen LogP contribution in [0.1, 0.15) is 12.8 Å². The Bertz CT molecular complexity index is 295. The van der Waals surface area contributed by atoms with Crippen LogP contribution in [-0.4, -0.2) is 29.7 Å². The van der Waals surface area contributed by atoms with Crippen molar-refractivity contribution in [3.63, 3.8) is 0 Å². The van der Waals surface area contributed by atoms with E-state index in [4.69, 9.17) is 10.5 Å². The van der Waals surface area contributed by atoms with Crippen LogP contribution in [0.3, 0.4) is 0 Å². The van der Waals surface area contributed by atoms with Crippen molar-refractivity contribution in [1.29, 1.82) is 0 Å². The van der Waals surface area contributed by atoms with Crippen LogP contribution in [0.15, 0.2) is 12.4 Å². The topological polar surface area (TPSA) is 73.1 Å². The lowest BCUT2D eigenvalue weighted by Crippen LogP contribution is -2.33. The van der Waals surface area contributed by atoms with Crippen molar-refractivity contribution in [3.05, 3.63) is 12.4 Å². The molecule has 2 rings (SSSR count). The second kappa shape index (κ2) is 4.93. The van der Waals surface area contributed by atoms with Gasteiger partial charge in [0.05, 0.1) is 19.0 Å². The van der Waals surface area contributed by atoms with Crippen LogP contribution >= 0.6 is 0 Å². The van der Waals surface area contributed by atoms with Gasteiger partial charge in [0.15, 0.2) is 5.75 Å². The fourth-order valence-corrected chi connectivity index (χ4v) is 1.68. The van der Waals surface area contributed by atoms with Gasteiger partial charge in [-0.15, -0.1) is 0 Å². The fourth-order valence-electron chi connectivity index (χ4n) is 1.68. The molecule has 5 heteroatoms. The third-order valence-corrected chi connectivity index (χ3v) is 2.53. The molecule has 5 nitrogen and oxygen atoms in total. The number of piperidine rings is 1. The molecule has 1 aromatic rings. The number of hydrogen-bond donors (Lipinski definition) is 2. The molecule has 1 fully saturated rings. The van der Waals surface area contributed by atoms with Crippen LogP contribution in [0.4, 0.5) is 5.95 Å². The highest BCUT2D eigenvalue weighted by molar-refractivity contribution is 5.20. The molecule has 0 aliphatic carbocycles. The molecular weight excluding hydrogens is 192 g/mol. The van der Waals surface area contributed by atoms with Crippen molar-refractivity contribution in [1.82, 2.24) is 15.3 Å². The quantitative estimate of drug-likeness (QED) is 0.754. The molecule has 0 amide bonds. The van der Waals surface area contributed by atoms with Gasteiger partial charge in [0.2, 0.25) is 5.95 Å². The minimum absolute atomic E-state index is 0.279. The molecule has 3 N–H and O–H groups in total. The molecule has 1 unspecified atom stereocenters. The minimum atomic E-state index is 0.279. The predicted octanol–water partition coefficient (Wildman–Crippen LogP) is 0.437. The van der Waals surface area contributed by atoms with Gasteiger partial charge in [0, 0.05) is 12.5 Å². The third-order valence-electron chi connectivity index (χ3n) is 2.53. The smallest absolute Gasteiger partial charge is 0.220 e. The first-order chi connectivity index (χ1) is 7.34. The summed E-state index contributed by atoms with van der Waals surface area (Å²) in [5, 5.41) is 3.35. The molecule has 0 saturated carbocycles. The van der Waals surface area contributed by atoms with E-state index in [2.05, 4.69) is 15.3 Å². The van der Waals surface area contributed by atoms with E-state index in [-0.39, 0.29) is 5.95 Å². The Morgan fingerprint density at radius 1 is 1.47 bits per heavy atom. The van der Waals surface area contributed by atoms with Crippen molar-refractivity contribution in [2.75, 3.05) is 25.4 Å². The standard InChI is InChI=1S/C10H16N4O/c11-10-13-5-9(6-14-10)15-7-8-2-1-3-12-4-8/h5-6,8,12H,1-4,7H2,(H2,11,13,14). The number of nitrogens with zero attached hydrogens (tertiary/aromatic N) is 2. The third kappa shape index (κ3) is 3.06. The monoisotopic (exact) mass is 208 g/mol. The second-order valence-corrected chi connectivity index (χ2v) is 3.80. The van der Waals surface area contributed by atoms with E-state index in [1.807, 2.05) is 0 Å². The van der Waals surface area contributed by atoms with Gasteiger partial charge < -0.3 is 15.8 Å². The van der Waals surface area contributed by atoms with Crippen LogP contribution in [0, 0.1) is 5.92 Å². The fraction of sp³-hybridized carbons (Fsp3) is 0.600. The highest BCUT2D eigenvalue weighted by Gasteiger charge is 2.13. The summed E-state index contributed by atoms with van der Waals surface area (Å²) < 4.78 is 5.58. The molecule has 0 spiro atoms. The van der Waals surface area contributed by atoms with Gasteiger partial charge >= 0.3 is 0 Å². The maximum absolute atomic E-state index is 5.58. The van der Waals surface area contributed by atoms with Crippen LogP contribution in [-0.2, 0) is 0 Å². The summed E-state index contributed by atoms with van der Waals surface area (Å²) in [5.41, 5.74) is 5.38. The number of ether oxygens (including phenoxy) is 1. The number of nitrogen functional groups attached to an aromatic ring is 1. The largest absolute Gasteiger partial charge is 0.490 e. The van der Waals surface area contributed by atoms with Crippen molar-refractivity contribution >= 4 is 5.95 Å². The second-order valence-electron chi connectivity index (χ2n) is 3.80. The Balaban J connectivity index is 1.79. The maximum Gasteiger partial charge on any atom is 0.220 e. The van der Waals surface area contributed by atoms with E-state index in [1.54, 1.807) is 12.4 Å². The molecular formula is C10H16N4O. The summed E-state index contributed by atoms with van der Waals surface area (Å²) >= 11 is 0. The molecule has 1 saturated heterocycles. The zero-order valence-electron chi connectivity index (χ0n) is 8.65. The van der Waals surface area contributed by atoms with Crippen LogP contribution in [0.25, 0.3) is 0 Å². The maximum atomic E-state index is 5.58. The average molecular weight is 208 g/mol. The first kappa shape index (κ1) is 10.2. The molecule has 0 aromatic carbocycles. The first-order valence-electron chi connectivity index (χ1n) is 5.25. The first-order valence-corrected chi connectivity index (χ1v) is 5.25. The van der Waals surface area contributed by atoms with E-state index in [1.165, 1.54) is 12.8 Å². The Morgan fingerprint density at radius 3 is 2.93 bits per heavy atom. The van der Waals surface area contributed by atoms with E-state index >= 15 is 0 Å². The highest BCUT2D eigenvalue weighted by Crippen LogP contribution is 2.13. The lowest BCUT2D eigenvalue weighted by molar-refractivity contribution is 0.217. The lowest BCUT2D eigenvalue weighted by Gasteiger charge is -2.22. The molecule has 1 aliphatic rings. The molecule has 0 radical (unpaired) electrons. The van der Waals surface area contributed by atoms with Crippen LogP contribution in [0.2, 0.25) is 0 Å². The van der Waals surface area contributed by atoms with Crippen molar-refractivity contribution in [3.8, 4) is 5.75 Å². The molecule has 2 heterocycles. The number of hydrogen-bond acceptors (Lipinski definition) is 5. The Kier molecular flexibility index (Phi) is 3.34. The van der Waals surface area contributed by atoms with Crippen LogP contribution < -0.4 is 15.8 Å². The number of nitrogens with two attached hydrogens (primary N) is 1. The molecule has 1 atom stereocenters. The van der Waals surface area contributed by atoms with E-state index in [0.29, 0.717) is 11.7 Å². The van der Waals surface area contributed by atoms with Gasteiger partial charge in [-0.3, -0.25) is 0 Å². The Labute approximate surface area is 89.1 Å². The van der Waals surface area contributed by atoms with E-state index in [0.717, 1.165) is 19.7 Å². The van der Waals surface area contributed by atoms with Crippen molar-refractivity contribution in [2.24, 2.45) is 5.92 Å². The van der Waals surface area contributed by atoms with Crippen LogP contribution in [0.5, 0.6) is 5.75 Å². The molecule has 15 heavy (non-hydrogen) atoms. The number of anilines is 1. The summed E-state index contributed by atoms with van der Waals surface area (Å²) in [7, 11) is 0. The summed E-state index contributed by atoms with van der Waals surface area (Å²) in [5.74, 6) is 1.56. The minimum Gasteiger partial charge on any atom is -0.490 e. The van der Waals surface area contributed by atoms with Gasteiger partial charge in [0.1, 0.15) is 0 Å². The number of aromatic nitrogens is 2. The average Bonchev–Trinajstić information content (AvgIpc) is 2.30. The zero-order chi connectivity index (χ0) is 10.5. The Hall–Kier alpha value is -1.36. The molecule has 1 aromatic heterocycles. The summed E-state index contributed by atoms with van der Waals surface area (Å²) in [4.78, 5) is 7.74. The van der Waals surface area contributed by atoms with Gasteiger partial charge in [-0.2, -0.15) is 0 Å². The van der Waals surface area contributed by atoms with E-state index < -0.39 is 0 Å². The number of rotatable bonds is 3. The SMILES string of the molecule is Nc1ncc(OCC2CCCNC2)cn1. The normalized spacial score (nSPS) is 21.2. The summed E-state index contributed by atoms with van der Waals surface area (Å²) in [6.45, 7) is 2.89. The van der Waals surface area contributed by atoms with Gasteiger partial charge in [-0.25, -0.2) is 9.97 Å².